The molecule has 0 aliphatic carbocycles. The highest BCUT2D eigenvalue weighted by molar-refractivity contribution is 5.69. The summed E-state index contributed by atoms with van der Waals surface area (Å²) < 4.78 is 33.5. The molecule has 1 saturated heterocycles. The number of hydrogen-bond acceptors (Lipinski definition) is 10. The molecule has 33 heavy (non-hydrogen) atoms. The Bertz CT molecular complexity index is 880. The molecule has 0 bridgehead atoms. The molecule has 5 atom stereocenters. The van der Waals surface area contributed by atoms with E-state index >= 15 is 0 Å². The van der Waals surface area contributed by atoms with E-state index < -0.39 is 54.4 Å². The van der Waals surface area contributed by atoms with E-state index in [0.717, 1.165) is 5.56 Å². The Kier molecular flexibility index (Phi) is 9.22. The van der Waals surface area contributed by atoms with Gasteiger partial charge in [-0.15, -0.1) is 0 Å². The highest BCUT2D eigenvalue weighted by atomic mass is 16.7. The summed E-state index contributed by atoms with van der Waals surface area (Å²) in [6, 6.07) is 5.40. The third kappa shape index (κ3) is 7.18. The van der Waals surface area contributed by atoms with Gasteiger partial charge in [0.25, 0.3) is 0 Å². The minimum Gasteiger partial charge on any atom is -0.493 e. The first-order valence-corrected chi connectivity index (χ1v) is 10.6. The SMILES string of the molecule is CCOc1ccc(C)cc1[C@@H]1O[C@H](COC(C)=O)[C@@H](OC(C)=O)[C@H](OC(C)=O)[C@H]1OC(C)=O. The lowest BCUT2D eigenvalue weighted by Crippen LogP contribution is -2.59. The van der Waals surface area contributed by atoms with Gasteiger partial charge in [-0.2, -0.15) is 0 Å². The minimum absolute atomic E-state index is 0.288. The van der Waals surface area contributed by atoms with Gasteiger partial charge in [0.15, 0.2) is 18.3 Å². The lowest BCUT2D eigenvalue weighted by molar-refractivity contribution is -0.254. The van der Waals surface area contributed by atoms with Crippen LogP contribution in [0, 0.1) is 6.92 Å². The molecule has 1 fully saturated rings. The predicted molar refractivity (Wildman–Crippen MR) is 113 cm³/mol. The summed E-state index contributed by atoms with van der Waals surface area (Å²) in [5.74, 6) is -2.12. The number of ether oxygens (including phenoxy) is 6. The maximum Gasteiger partial charge on any atom is 0.303 e. The van der Waals surface area contributed by atoms with Crippen LogP contribution in [0.1, 0.15) is 51.8 Å². The van der Waals surface area contributed by atoms with E-state index in [0.29, 0.717) is 17.9 Å². The molecule has 1 aromatic rings. The summed E-state index contributed by atoms with van der Waals surface area (Å²) in [6.45, 7) is 8.54. The van der Waals surface area contributed by atoms with Crippen LogP contribution in [0.15, 0.2) is 18.2 Å². The lowest BCUT2D eigenvalue weighted by atomic mass is 9.89. The third-order valence-electron chi connectivity index (χ3n) is 4.76. The first kappa shape index (κ1) is 26.1. The zero-order chi connectivity index (χ0) is 24.7. The Hall–Kier alpha value is -3.14. The Morgan fingerprint density at radius 2 is 1.42 bits per heavy atom. The average Bonchev–Trinajstić information content (AvgIpc) is 2.70. The molecule has 1 heterocycles. The van der Waals surface area contributed by atoms with Crippen LogP contribution in [0.3, 0.4) is 0 Å². The highest BCUT2D eigenvalue weighted by Gasteiger charge is 2.53. The van der Waals surface area contributed by atoms with Crippen LogP contribution in [-0.2, 0) is 42.9 Å². The van der Waals surface area contributed by atoms with Crippen molar-refractivity contribution in [2.45, 2.75) is 72.1 Å². The molecule has 10 nitrogen and oxygen atoms in total. The maximum absolute atomic E-state index is 12.0. The van der Waals surface area contributed by atoms with E-state index in [-0.39, 0.29) is 6.61 Å². The van der Waals surface area contributed by atoms with E-state index in [1.54, 1.807) is 12.1 Å². The normalized spacial score (nSPS) is 24.4. The number of benzene rings is 1. The number of hydrogen-bond donors (Lipinski definition) is 0. The van der Waals surface area contributed by atoms with Gasteiger partial charge in [-0.3, -0.25) is 19.2 Å². The minimum atomic E-state index is -1.23. The highest BCUT2D eigenvalue weighted by Crippen LogP contribution is 2.41. The fraction of sp³-hybridized carbons (Fsp3) is 0.565. The third-order valence-corrected chi connectivity index (χ3v) is 4.76. The molecular weight excluding hydrogens is 436 g/mol. The van der Waals surface area contributed by atoms with Gasteiger partial charge >= 0.3 is 23.9 Å². The fourth-order valence-electron chi connectivity index (χ4n) is 3.66. The van der Waals surface area contributed by atoms with Crippen molar-refractivity contribution in [2.24, 2.45) is 0 Å². The topological polar surface area (TPSA) is 124 Å². The molecule has 0 N–H and O–H groups in total. The number of carbonyl (C=O) groups excluding carboxylic acids is 4. The second-order valence-electron chi connectivity index (χ2n) is 7.59. The van der Waals surface area contributed by atoms with Gasteiger partial charge in [0, 0.05) is 33.3 Å². The molecule has 182 valence electrons. The first-order chi connectivity index (χ1) is 15.5. The number of esters is 4. The molecule has 0 amide bonds. The average molecular weight is 466 g/mol. The number of carbonyl (C=O) groups is 4. The Morgan fingerprint density at radius 1 is 0.848 bits per heavy atom. The van der Waals surface area contributed by atoms with Crippen molar-refractivity contribution in [2.75, 3.05) is 13.2 Å². The van der Waals surface area contributed by atoms with Gasteiger partial charge in [-0.25, -0.2) is 0 Å². The van der Waals surface area contributed by atoms with Crippen molar-refractivity contribution in [3.8, 4) is 5.75 Å². The van der Waals surface area contributed by atoms with Crippen LogP contribution in [0.2, 0.25) is 0 Å². The van der Waals surface area contributed by atoms with E-state index in [9.17, 15) is 19.2 Å². The maximum atomic E-state index is 12.0. The van der Waals surface area contributed by atoms with Gasteiger partial charge in [0.2, 0.25) is 0 Å². The zero-order valence-corrected chi connectivity index (χ0v) is 19.6. The monoisotopic (exact) mass is 466 g/mol. The molecule has 0 spiro atoms. The van der Waals surface area contributed by atoms with Crippen molar-refractivity contribution in [1.29, 1.82) is 0 Å². The van der Waals surface area contributed by atoms with Crippen LogP contribution >= 0.6 is 0 Å². The first-order valence-electron chi connectivity index (χ1n) is 10.6. The van der Waals surface area contributed by atoms with Crippen LogP contribution < -0.4 is 4.74 Å². The van der Waals surface area contributed by atoms with Gasteiger partial charge in [0.05, 0.1) is 6.61 Å². The van der Waals surface area contributed by atoms with Crippen molar-refractivity contribution in [3.05, 3.63) is 29.3 Å². The quantitative estimate of drug-likeness (QED) is 0.416. The van der Waals surface area contributed by atoms with Crippen molar-refractivity contribution >= 4 is 23.9 Å². The Morgan fingerprint density at radius 3 is 1.97 bits per heavy atom. The van der Waals surface area contributed by atoms with Gasteiger partial charge in [0.1, 0.15) is 24.6 Å². The molecule has 1 aliphatic rings. The Labute approximate surface area is 192 Å². The van der Waals surface area contributed by atoms with Gasteiger partial charge < -0.3 is 28.4 Å². The summed E-state index contributed by atoms with van der Waals surface area (Å²) in [4.78, 5) is 47.3. The van der Waals surface area contributed by atoms with Crippen LogP contribution in [0.4, 0.5) is 0 Å². The Balaban J connectivity index is 2.64. The summed E-state index contributed by atoms with van der Waals surface area (Å²) >= 11 is 0. The summed E-state index contributed by atoms with van der Waals surface area (Å²) in [5, 5.41) is 0. The van der Waals surface area contributed by atoms with E-state index in [4.69, 9.17) is 28.4 Å². The van der Waals surface area contributed by atoms with Crippen LogP contribution in [0.25, 0.3) is 0 Å². The molecule has 0 saturated carbocycles. The summed E-state index contributed by atoms with van der Waals surface area (Å²) in [5.41, 5.74) is 1.41. The molecule has 10 heteroatoms. The molecule has 0 aromatic heterocycles. The number of aryl methyl sites for hydroxylation is 1. The fourth-order valence-corrected chi connectivity index (χ4v) is 3.66. The summed E-state index contributed by atoms with van der Waals surface area (Å²) in [7, 11) is 0. The number of rotatable bonds is 8. The van der Waals surface area contributed by atoms with Crippen molar-refractivity contribution < 1.29 is 47.6 Å². The standard InChI is InChI=1S/C23H30O10/c1-7-28-18-9-8-12(2)10-17(18)20-22(31-15(5)26)23(32-16(6)27)21(30-14(4)25)19(33-20)11-29-13(3)24/h8-10,19-23H,7,11H2,1-6H3/t19-,20+,21-,22+,23+/m1/s1. The van der Waals surface area contributed by atoms with Crippen molar-refractivity contribution in [3.63, 3.8) is 0 Å². The van der Waals surface area contributed by atoms with E-state index in [2.05, 4.69) is 0 Å². The molecule has 2 rings (SSSR count). The largest absolute Gasteiger partial charge is 0.493 e. The van der Waals surface area contributed by atoms with Crippen molar-refractivity contribution in [1.82, 2.24) is 0 Å². The van der Waals surface area contributed by atoms with Crippen LogP contribution in [0.5, 0.6) is 5.75 Å². The molecule has 1 aliphatic heterocycles. The van der Waals surface area contributed by atoms with Gasteiger partial charge in [-0.1, -0.05) is 11.6 Å². The summed E-state index contributed by atoms with van der Waals surface area (Å²) in [6.07, 6.45) is -5.61. The predicted octanol–water partition coefficient (Wildman–Crippen LogP) is 2.19. The molecule has 0 radical (unpaired) electrons. The van der Waals surface area contributed by atoms with Crippen LogP contribution in [-0.4, -0.2) is 61.5 Å². The molecule has 1 aromatic carbocycles. The smallest absolute Gasteiger partial charge is 0.303 e. The molecular formula is C23H30O10. The lowest BCUT2D eigenvalue weighted by Gasteiger charge is -2.44. The zero-order valence-electron chi connectivity index (χ0n) is 19.6. The van der Waals surface area contributed by atoms with E-state index in [1.807, 2.05) is 19.9 Å². The second kappa shape index (κ2) is 11.6. The molecule has 0 unspecified atom stereocenters. The second-order valence-corrected chi connectivity index (χ2v) is 7.59. The van der Waals surface area contributed by atoms with Gasteiger partial charge in [-0.05, 0) is 26.0 Å². The van der Waals surface area contributed by atoms with E-state index in [1.165, 1.54) is 27.7 Å².